The maximum Gasteiger partial charge on any atom is 0.0595 e. The summed E-state index contributed by atoms with van der Waals surface area (Å²) in [7, 11) is 0. The molecule has 2 nitrogen and oxygen atoms in total. The zero-order valence-electron chi connectivity index (χ0n) is 11.9. The molecule has 2 heterocycles. The van der Waals surface area contributed by atoms with Crippen LogP contribution in [-0.2, 0) is 0 Å². The molecular weight excluding hydrogens is 252 g/mol. The molecule has 1 saturated carbocycles. The van der Waals surface area contributed by atoms with Gasteiger partial charge in [0.05, 0.1) is 6.04 Å². The molecule has 2 fully saturated rings. The summed E-state index contributed by atoms with van der Waals surface area (Å²) in [5, 5.41) is 2.20. The highest BCUT2D eigenvalue weighted by Gasteiger charge is 2.40. The molecule has 3 heteroatoms. The first kappa shape index (κ1) is 13.6. The highest BCUT2D eigenvalue weighted by Crippen LogP contribution is 2.42. The predicted octanol–water partition coefficient (Wildman–Crippen LogP) is 3.79. The Morgan fingerprint density at radius 1 is 1.37 bits per heavy atom. The lowest BCUT2D eigenvalue weighted by atomic mass is 9.88. The lowest BCUT2D eigenvalue weighted by molar-refractivity contribution is 0.0554. The van der Waals surface area contributed by atoms with Crippen molar-refractivity contribution in [2.75, 3.05) is 6.54 Å². The summed E-state index contributed by atoms with van der Waals surface area (Å²) in [5.74, 6) is 0.945. The maximum absolute atomic E-state index is 6.49. The molecule has 1 saturated heterocycles. The van der Waals surface area contributed by atoms with Crippen molar-refractivity contribution >= 4 is 11.3 Å². The van der Waals surface area contributed by atoms with Gasteiger partial charge in [0.2, 0.25) is 0 Å². The number of hydrogen-bond acceptors (Lipinski definition) is 3. The van der Waals surface area contributed by atoms with Crippen LogP contribution in [0.2, 0.25) is 0 Å². The summed E-state index contributed by atoms with van der Waals surface area (Å²) in [4.78, 5) is 4.24. The summed E-state index contributed by atoms with van der Waals surface area (Å²) < 4.78 is 0. The number of likely N-dealkylation sites (tertiary alicyclic amines) is 1. The molecule has 0 bridgehead atoms. The number of nitrogens with two attached hydrogens (primary N) is 1. The molecule has 1 aliphatic heterocycles. The van der Waals surface area contributed by atoms with Crippen LogP contribution in [0, 0.1) is 5.92 Å². The Kier molecular flexibility index (Phi) is 4.25. The van der Waals surface area contributed by atoms with Crippen molar-refractivity contribution in [2.24, 2.45) is 11.7 Å². The number of hydrogen-bond donors (Lipinski definition) is 1. The van der Waals surface area contributed by atoms with Crippen molar-refractivity contribution in [3.05, 3.63) is 22.4 Å². The molecule has 2 aliphatic rings. The van der Waals surface area contributed by atoms with E-state index in [0.29, 0.717) is 6.04 Å². The lowest BCUT2D eigenvalue weighted by Crippen LogP contribution is -2.49. The van der Waals surface area contributed by atoms with E-state index in [-0.39, 0.29) is 6.04 Å². The van der Waals surface area contributed by atoms with E-state index in [1.165, 1.54) is 43.5 Å². The minimum absolute atomic E-state index is 0.276. The second kappa shape index (κ2) is 5.94. The second-order valence-corrected chi connectivity index (χ2v) is 7.15. The monoisotopic (exact) mass is 278 g/mol. The summed E-state index contributed by atoms with van der Waals surface area (Å²) in [6.45, 7) is 3.47. The molecule has 19 heavy (non-hydrogen) atoms. The fourth-order valence-corrected chi connectivity index (χ4v) is 5.06. The van der Waals surface area contributed by atoms with E-state index < -0.39 is 0 Å². The summed E-state index contributed by atoms with van der Waals surface area (Å²) in [5.41, 5.74) is 6.49. The molecule has 1 aromatic heterocycles. The molecular formula is C16H26N2S. The molecule has 2 N–H and O–H groups in total. The Balaban J connectivity index is 1.86. The van der Waals surface area contributed by atoms with Crippen molar-refractivity contribution in [3.63, 3.8) is 0 Å². The molecule has 1 aliphatic carbocycles. The van der Waals surface area contributed by atoms with Gasteiger partial charge in [0, 0.05) is 17.0 Å². The standard InChI is InChI=1S/C16H26N2S/c1-2-13(17)16(15-9-5-11-19-15)18-10-4-7-12-6-3-8-14(12)18/h5,9,11-14,16H,2-4,6-8,10,17H2,1H3. The molecule has 106 valence electrons. The van der Waals surface area contributed by atoms with Crippen LogP contribution < -0.4 is 5.73 Å². The molecule has 4 atom stereocenters. The molecule has 3 rings (SSSR count). The largest absolute Gasteiger partial charge is 0.326 e. The van der Waals surface area contributed by atoms with Gasteiger partial charge in [0.25, 0.3) is 0 Å². The third kappa shape index (κ3) is 2.61. The first-order chi connectivity index (χ1) is 9.31. The highest BCUT2D eigenvalue weighted by molar-refractivity contribution is 7.10. The lowest BCUT2D eigenvalue weighted by Gasteiger charge is -2.44. The predicted molar refractivity (Wildman–Crippen MR) is 82.4 cm³/mol. The van der Waals surface area contributed by atoms with E-state index >= 15 is 0 Å². The molecule has 0 spiro atoms. The quantitative estimate of drug-likeness (QED) is 0.908. The van der Waals surface area contributed by atoms with Gasteiger partial charge in [-0.1, -0.05) is 19.4 Å². The van der Waals surface area contributed by atoms with Crippen molar-refractivity contribution in [1.82, 2.24) is 4.90 Å². The first-order valence-electron chi connectivity index (χ1n) is 7.86. The van der Waals surface area contributed by atoms with Gasteiger partial charge in [-0.15, -0.1) is 11.3 Å². The zero-order chi connectivity index (χ0) is 13.2. The van der Waals surface area contributed by atoms with E-state index in [2.05, 4.69) is 29.3 Å². The average molecular weight is 278 g/mol. The number of nitrogens with zero attached hydrogens (tertiary/aromatic N) is 1. The van der Waals surface area contributed by atoms with Crippen LogP contribution in [0.3, 0.4) is 0 Å². The van der Waals surface area contributed by atoms with Crippen molar-refractivity contribution in [2.45, 2.75) is 63.6 Å². The van der Waals surface area contributed by atoms with Crippen LogP contribution in [0.25, 0.3) is 0 Å². The normalized spacial score (nSPS) is 31.1. The number of rotatable bonds is 4. The van der Waals surface area contributed by atoms with Gasteiger partial charge in [0.1, 0.15) is 0 Å². The van der Waals surface area contributed by atoms with Crippen LogP contribution in [0.1, 0.15) is 56.4 Å². The second-order valence-electron chi connectivity index (χ2n) is 6.17. The Morgan fingerprint density at radius 3 is 2.95 bits per heavy atom. The Bertz CT molecular complexity index is 389. The van der Waals surface area contributed by atoms with Gasteiger partial charge in [-0.2, -0.15) is 0 Å². The van der Waals surface area contributed by atoms with Crippen LogP contribution in [0.4, 0.5) is 0 Å². The zero-order valence-corrected chi connectivity index (χ0v) is 12.7. The van der Waals surface area contributed by atoms with Gasteiger partial charge >= 0.3 is 0 Å². The summed E-state index contributed by atoms with van der Waals surface area (Å²) >= 11 is 1.88. The molecule has 0 amide bonds. The Morgan fingerprint density at radius 2 is 2.21 bits per heavy atom. The smallest absolute Gasteiger partial charge is 0.0595 e. The molecule has 0 radical (unpaired) electrons. The minimum atomic E-state index is 0.276. The highest BCUT2D eigenvalue weighted by atomic mass is 32.1. The molecule has 0 aromatic carbocycles. The number of fused-ring (bicyclic) bond motifs is 1. The summed E-state index contributed by atoms with van der Waals surface area (Å²) in [6, 6.07) is 5.99. The van der Waals surface area contributed by atoms with Crippen LogP contribution in [-0.4, -0.2) is 23.5 Å². The van der Waals surface area contributed by atoms with E-state index in [0.717, 1.165) is 18.4 Å². The van der Waals surface area contributed by atoms with Crippen LogP contribution >= 0.6 is 11.3 Å². The van der Waals surface area contributed by atoms with Crippen molar-refractivity contribution < 1.29 is 0 Å². The molecule has 1 aromatic rings. The Labute approximate surface area is 121 Å². The van der Waals surface area contributed by atoms with Crippen molar-refractivity contribution in [1.29, 1.82) is 0 Å². The van der Waals surface area contributed by atoms with Gasteiger partial charge < -0.3 is 5.73 Å². The van der Waals surface area contributed by atoms with Gasteiger partial charge in [-0.05, 0) is 56.0 Å². The van der Waals surface area contributed by atoms with Crippen LogP contribution in [0.15, 0.2) is 17.5 Å². The van der Waals surface area contributed by atoms with Gasteiger partial charge in [0.15, 0.2) is 0 Å². The topological polar surface area (TPSA) is 29.3 Å². The summed E-state index contributed by atoms with van der Waals surface area (Å²) in [6.07, 6.45) is 8.13. The molecule has 4 unspecified atom stereocenters. The number of piperidine rings is 1. The van der Waals surface area contributed by atoms with E-state index in [1.807, 2.05) is 11.3 Å². The van der Waals surface area contributed by atoms with Gasteiger partial charge in [-0.25, -0.2) is 0 Å². The van der Waals surface area contributed by atoms with E-state index in [1.54, 1.807) is 0 Å². The maximum atomic E-state index is 6.49. The third-order valence-electron chi connectivity index (χ3n) is 5.11. The van der Waals surface area contributed by atoms with Crippen LogP contribution in [0.5, 0.6) is 0 Å². The Hall–Kier alpha value is -0.380. The fourth-order valence-electron chi connectivity index (χ4n) is 4.14. The van der Waals surface area contributed by atoms with Crippen molar-refractivity contribution in [3.8, 4) is 0 Å². The SMILES string of the molecule is CCC(N)C(c1cccs1)N1CCCC2CCCC21. The van der Waals surface area contributed by atoms with Gasteiger partial charge in [-0.3, -0.25) is 4.90 Å². The average Bonchev–Trinajstić information content (AvgIpc) is 3.09. The minimum Gasteiger partial charge on any atom is -0.326 e. The van der Waals surface area contributed by atoms with E-state index in [4.69, 9.17) is 5.73 Å². The third-order valence-corrected chi connectivity index (χ3v) is 6.05. The first-order valence-corrected chi connectivity index (χ1v) is 8.74. The van der Waals surface area contributed by atoms with E-state index in [9.17, 15) is 0 Å². The fraction of sp³-hybridized carbons (Fsp3) is 0.750. The number of thiophene rings is 1.